The van der Waals surface area contributed by atoms with Crippen molar-refractivity contribution in [3.8, 4) is 0 Å². The summed E-state index contributed by atoms with van der Waals surface area (Å²) in [5.41, 5.74) is 2.66. The number of benzene rings is 1. The van der Waals surface area contributed by atoms with Gasteiger partial charge in [0, 0.05) is 43.5 Å². The van der Waals surface area contributed by atoms with Crippen LogP contribution in [0.4, 0.5) is 0 Å². The first-order valence-corrected chi connectivity index (χ1v) is 9.11. The molecule has 0 bridgehead atoms. The fourth-order valence-electron chi connectivity index (χ4n) is 3.69. The third kappa shape index (κ3) is 3.48. The maximum atomic E-state index is 12.8. The molecule has 2 aromatic heterocycles. The van der Waals surface area contributed by atoms with Crippen LogP contribution in [0.3, 0.4) is 0 Å². The second kappa shape index (κ2) is 7.30. The molecule has 0 unspecified atom stereocenters. The molecule has 1 saturated heterocycles. The number of amides is 1. The molecule has 0 radical (unpaired) electrons. The Kier molecular flexibility index (Phi) is 4.71. The van der Waals surface area contributed by atoms with Crippen LogP contribution in [-0.4, -0.2) is 34.9 Å². The van der Waals surface area contributed by atoms with Crippen molar-refractivity contribution in [3.63, 3.8) is 0 Å². The summed E-state index contributed by atoms with van der Waals surface area (Å²) < 4.78 is 5.72. The van der Waals surface area contributed by atoms with Gasteiger partial charge in [-0.15, -0.1) is 0 Å². The summed E-state index contributed by atoms with van der Waals surface area (Å²) in [7, 11) is 0. The standard InChI is InChI=1S/C21H23N3O2/c1-15-20(18-6-2-3-7-19(18)26-15)21(25)23-17-8-11-24(12-9-17)14-16-5-4-10-22-13-16/h2-7,10,13,17H,8-9,11-12,14H2,1H3,(H,23,25). The third-order valence-electron chi connectivity index (χ3n) is 5.05. The van der Waals surface area contributed by atoms with E-state index in [-0.39, 0.29) is 11.9 Å². The number of aryl methyl sites for hydroxylation is 1. The molecule has 1 aromatic carbocycles. The number of hydrogen-bond donors (Lipinski definition) is 1. The summed E-state index contributed by atoms with van der Waals surface area (Å²) in [4.78, 5) is 19.4. The molecule has 1 aliphatic heterocycles. The van der Waals surface area contributed by atoms with Crippen molar-refractivity contribution in [1.29, 1.82) is 0 Å². The van der Waals surface area contributed by atoms with Gasteiger partial charge in [-0.25, -0.2) is 0 Å². The van der Waals surface area contributed by atoms with E-state index in [9.17, 15) is 4.79 Å². The Hall–Kier alpha value is -2.66. The normalized spacial score (nSPS) is 16.0. The maximum absolute atomic E-state index is 12.8. The van der Waals surface area contributed by atoms with Crippen molar-refractivity contribution < 1.29 is 9.21 Å². The van der Waals surface area contributed by atoms with Crippen LogP contribution in [0.5, 0.6) is 0 Å². The van der Waals surface area contributed by atoms with E-state index < -0.39 is 0 Å². The molecule has 0 saturated carbocycles. The van der Waals surface area contributed by atoms with Crippen molar-refractivity contribution >= 4 is 16.9 Å². The van der Waals surface area contributed by atoms with Crippen LogP contribution in [0.2, 0.25) is 0 Å². The number of likely N-dealkylation sites (tertiary alicyclic amines) is 1. The molecule has 1 amide bonds. The smallest absolute Gasteiger partial charge is 0.255 e. The Bertz CT molecular complexity index is 896. The molecule has 1 N–H and O–H groups in total. The summed E-state index contributed by atoms with van der Waals surface area (Å²) in [6.45, 7) is 4.72. The summed E-state index contributed by atoms with van der Waals surface area (Å²) in [5, 5.41) is 4.09. The van der Waals surface area contributed by atoms with Crippen LogP contribution in [0.25, 0.3) is 11.0 Å². The van der Waals surface area contributed by atoms with Crippen molar-refractivity contribution in [2.24, 2.45) is 0 Å². The van der Waals surface area contributed by atoms with Gasteiger partial charge in [0.25, 0.3) is 5.91 Å². The second-order valence-electron chi connectivity index (χ2n) is 6.91. The minimum Gasteiger partial charge on any atom is -0.461 e. The molecular weight excluding hydrogens is 326 g/mol. The van der Waals surface area contributed by atoms with E-state index in [2.05, 4.69) is 21.3 Å². The average Bonchev–Trinajstić information content (AvgIpc) is 3.00. The fraction of sp³-hybridized carbons (Fsp3) is 0.333. The first-order chi connectivity index (χ1) is 12.7. The van der Waals surface area contributed by atoms with Gasteiger partial charge in [0.1, 0.15) is 11.3 Å². The molecule has 5 heteroatoms. The van der Waals surface area contributed by atoms with E-state index in [0.29, 0.717) is 11.3 Å². The van der Waals surface area contributed by atoms with Crippen LogP contribution < -0.4 is 5.32 Å². The predicted molar refractivity (Wildman–Crippen MR) is 101 cm³/mol. The minimum atomic E-state index is -0.0295. The van der Waals surface area contributed by atoms with E-state index in [1.807, 2.05) is 43.5 Å². The number of para-hydroxylation sites is 1. The average molecular weight is 349 g/mol. The lowest BCUT2D eigenvalue weighted by Gasteiger charge is -2.32. The zero-order valence-corrected chi connectivity index (χ0v) is 14.9. The molecule has 134 valence electrons. The third-order valence-corrected chi connectivity index (χ3v) is 5.05. The number of piperidine rings is 1. The molecule has 3 heterocycles. The lowest BCUT2D eigenvalue weighted by atomic mass is 10.0. The Balaban J connectivity index is 1.37. The zero-order chi connectivity index (χ0) is 17.9. The van der Waals surface area contributed by atoms with E-state index in [0.717, 1.165) is 43.4 Å². The van der Waals surface area contributed by atoms with Crippen molar-refractivity contribution in [3.05, 3.63) is 65.7 Å². The van der Waals surface area contributed by atoms with Crippen LogP contribution in [0.15, 0.2) is 53.2 Å². The monoisotopic (exact) mass is 349 g/mol. The zero-order valence-electron chi connectivity index (χ0n) is 14.9. The number of aromatic nitrogens is 1. The number of hydrogen-bond acceptors (Lipinski definition) is 4. The molecule has 0 atom stereocenters. The van der Waals surface area contributed by atoms with Gasteiger partial charge in [-0.2, -0.15) is 0 Å². The number of fused-ring (bicyclic) bond motifs is 1. The van der Waals surface area contributed by atoms with Crippen LogP contribution >= 0.6 is 0 Å². The molecule has 1 fully saturated rings. The van der Waals surface area contributed by atoms with Gasteiger partial charge >= 0.3 is 0 Å². The highest BCUT2D eigenvalue weighted by Gasteiger charge is 2.24. The SMILES string of the molecule is Cc1oc2ccccc2c1C(=O)NC1CCN(Cc2cccnc2)CC1. The van der Waals surface area contributed by atoms with Gasteiger partial charge in [-0.05, 0) is 37.5 Å². The number of furan rings is 1. The van der Waals surface area contributed by atoms with Crippen LogP contribution in [0, 0.1) is 6.92 Å². The van der Waals surface area contributed by atoms with Gasteiger partial charge < -0.3 is 9.73 Å². The number of pyridine rings is 1. The Morgan fingerprint density at radius 2 is 2.04 bits per heavy atom. The molecule has 3 aromatic rings. The van der Waals surface area contributed by atoms with Crippen molar-refractivity contribution in [1.82, 2.24) is 15.2 Å². The Morgan fingerprint density at radius 3 is 2.81 bits per heavy atom. The lowest BCUT2D eigenvalue weighted by Crippen LogP contribution is -2.44. The van der Waals surface area contributed by atoms with E-state index in [4.69, 9.17) is 4.42 Å². The quantitative estimate of drug-likeness (QED) is 0.783. The number of carbonyl (C=O) groups excluding carboxylic acids is 1. The fourth-order valence-corrected chi connectivity index (χ4v) is 3.69. The topological polar surface area (TPSA) is 58.4 Å². The summed E-state index contributed by atoms with van der Waals surface area (Å²) in [5.74, 6) is 0.649. The van der Waals surface area contributed by atoms with Gasteiger partial charge in [-0.1, -0.05) is 24.3 Å². The summed E-state index contributed by atoms with van der Waals surface area (Å²) >= 11 is 0. The Labute approximate surface area is 153 Å². The van der Waals surface area contributed by atoms with Gasteiger partial charge in [-0.3, -0.25) is 14.7 Å². The molecule has 0 spiro atoms. The Morgan fingerprint density at radius 1 is 1.23 bits per heavy atom. The van der Waals surface area contributed by atoms with E-state index >= 15 is 0 Å². The number of nitrogens with zero attached hydrogens (tertiary/aromatic N) is 2. The molecule has 0 aliphatic carbocycles. The molecule has 26 heavy (non-hydrogen) atoms. The van der Waals surface area contributed by atoms with Crippen molar-refractivity contribution in [2.75, 3.05) is 13.1 Å². The number of rotatable bonds is 4. The summed E-state index contributed by atoms with van der Waals surface area (Å²) in [6, 6.07) is 12.0. The second-order valence-corrected chi connectivity index (χ2v) is 6.91. The first-order valence-electron chi connectivity index (χ1n) is 9.11. The predicted octanol–water partition coefficient (Wildman–Crippen LogP) is 3.53. The van der Waals surface area contributed by atoms with E-state index in [1.54, 1.807) is 6.20 Å². The van der Waals surface area contributed by atoms with Crippen molar-refractivity contribution in [2.45, 2.75) is 32.4 Å². The first kappa shape index (κ1) is 16.8. The molecule has 5 nitrogen and oxygen atoms in total. The highest BCUT2D eigenvalue weighted by Crippen LogP contribution is 2.25. The number of carbonyl (C=O) groups is 1. The van der Waals surface area contributed by atoms with Gasteiger partial charge in [0.2, 0.25) is 0 Å². The van der Waals surface area contributed by atoms with E-state index in [1.165, 1.54) is 5.56 Å². The number of nitrogens with one attached hydrogen (secondary N) is 1. The molecule has 1 aliphatic rings. The maximum Gasteiger partial charge on any atom is 0.255 e. The van der Waals surface area contributed by atoms with Crippen LogP contribution in [0.1, 0.15) is 34.5 Å². The minimum absolute atomic E-state index is 0.0295. The van der Waals surface area contributed by atoms with Gasteiger partial charge in [0.15, 0.2) is 0 Å². The molecular formula is C21H23N3O2. The summed E-state index contributed by atoms with van der Waals surface area (Å²) in [6.07, 6.45) is 5.63. The highest BCUT2D eigenvalue weighted by molar-refractivity contribution is 6.07. The lowest BCUT2D eigenvalue weighted by molar-refractivity contribution is 0.0909. The van der Waals surface area contributed by atoms with Gasteiger partial charge in [0.05, 0.1) is 5.56 Å². The largest absolute Gasteiger partial charge is 0.461 e. The van der Waals surface area contributed by atoms with Crippen LogP contribution in [-0.2, 0) is 6.54 Å². The molecule has 4 rings (SSSR count). The highest BCUT2D eigenvalue weighted by atomic mass is 16.3.